The third kappa shape index (κ3) is 2.92. The van der Waals surface area contributed by atoms with E-state index in [0.29, 0.717) is 5.25 Å². The van der Waals surface area contributed by atoms with E-state index in [-0.39, 0.29) is 0 Å². The van der Waals surface area contributed by atoms with E-state index >= 15 is 0 Å². The van der Waals surface area contributed by atoms with Gasteiger partial charge in [-0.1, -0.05) is 66.4 Å². The van der Waals surface area contributed by atoms with Crippen LogP contribution in [0.3, 0.4) is 0 Å². The molecule has 0 fully saturated rings. The minimum Gasteiger partial charge on any atom is -0.305 e. The predicted molar refractivity (Wildman–Crippen MR) is 91.9 cm³/mol. The number of nitrogens with zero attached hydrogens (tertiary/aromatic N) is 3. The van der Waals surface area contributed by atoms with Crippen molar-refractivity contribution in [3.63, 3.8) is 0 Å². The van der Waals surface area contributed by atoms with Crippen molar-refractivity contribution in [2.45, 2.75) is 24.3 Å². The lowest BCUT2D eigenvalue weighted by Gasteiger charge is -2.11. The van der Waals surface area contributed by atoms with Crippen molar-refractivity contribution >= 4 is 11.8 Å². The third-order valence-electron chi connectivity index (χ3n) is 3.77. The zero-order chi connectivity index (χ0) is 15.5. The fraction of sp³-hybridized carbons (Fsp3) is 0.222. The van der Waals surface area contributed by atoms with Gasteiger partial charge in [0.2, 0.25) is 0 Å². The number of thioether (sulfide) groups is 1. The van der Waals surface area contributed by atoms with E-state index in [1.807, 2.05) is 25.2 Å². The first-order valence-corrected chi connectivity index (χ1v) is 8.22. The molecule has 3 nitrogen and oxygen atoms in total. The highest BCUT2D eigenvalue weighted by Crippen LogP contribution is 2.34. The topological polar surface area (TPSA) is 30.7 Å². The summed E-state index contributed by atoms with van der Waals surface area (Å²) in [6, 6.07) is 18.8. The molecular weight excluding hydrogens is 290 g/mol. The molecule has 3 rings (SSSR count). The summed E-state index contributed by atoms with van der Waals surface area (Å²) >= 11 is 1.73. The van der Waals surface area contributed by atoms with Gasteiger partial charge in [0, 0.05) is 17.9 Å². The zero-order valence-corrected chi connectivity index (χ0v) is 13.8. The van der Waals surface area contributed by atoms with E-state index in [4.69, 9.17) is 0 Å². The first kappa shape index (κ1) is 14.9. The molecular formula is C18H19N3S. The van der Waals surface area contributed by atoms with Gasteiger partial charge in [0.15, 0.2) is 11.0 Å². The highest BCUT2D eigenvalue weighted by atomic mass is 32.2. The van der Waals surface area contributed by atoms with Crippen LogP contribution < -0.4 is 0 Å². The molecule has 3 aromatic rings. The number of benzene rings is 2. The zero-order valence-electron chi connectivity index (χ0n) is 13.0. The van der Waals surface area contributed by atoms with Crippen molar-refractivity contribution in [2.75, 3.05) is 0 Å². The van der Waals surface area contributed by atoms with Gasteiger partial charge in [0.25, 0.3) is 0 Å². The molecule has 22 heavy (non-hydrogen) atoms. The van der Waals surface area contributed by atoms with Gasteiger partial charge in [-0.3, -0.25) is 0 Å². The van der Waals surface area contributed by atoms with Crippen LogP contribution in [-0.2, 0) is 7.05 Å². The lowest BCUT2D eigenvalue weighted by molar-refractivity contribution is 0.789. The molecule has 2 aromatic carbocycles. The van der Waals surface area contributed by atoms with Crippen LogP contribution in [0.25, 0.3) is 11.4 Å². The average Bonchev–Trinajstić information content (AvgIpc) is 2.90. The molecule has 112 valence electrons. The van der Waals surface area contributed by atoms with Gasteiger partial charge in [-0.05, 0) is 25.0 Å². The van der Waals surface area contributed by atoms with Crippen LogP contribution in [0.4, 0.5) is 0 Å². The van der Waals surface area contributed by atoms with Crippen LogP contribution in [0.2, 0.25) is 0 Å². The Labute approximate surface area is 135 Å². The Balaban J connectivity index is 1.87. The molecule has 4 heteroatoms. The fourth-order valence-corrected chi connectivity index (χ4v) is 3.37. The van der Waals surface area contributed by atoms with E-state index in [1.54, 1.807) is 11.8 Å². The smallest absolute Gasteiger partial charge is 0.191 e. The molecule has 0 unspecified atom stereocenters. The van der Waals surface area contributed by atoms with Crippen LogP contribution in [0.15, 0.2) is 59.8 Å². The summed E-state index contributed by atoms with van der Waals surface area (Å²) < 4.78 is 2.08. The van der Waals surface area contributed by atoms with E-state index in [9.17, 15) is 0 Å². The Morgan fingerprint density at radius 1 is 0.955 bits per heavy atom. The maximum absolute atomic E-state index is 4.39. The first-order chi connectivity index (χ1) is 10.7. The number of rotatable bonds is 4. The van der Waals surface area contributed by atoms with Crippen molar-refractivity contribution in [1.82, 2.24) is 14.8 Å². The van der Waals surface area contributed by atoms with Gasteiger partial charge in [-0.25, -0.2) is 0 Å². The number of aryl methyl sites for hydroxylation is 1. The molecule has 0 aliphatic heterocycles. The molecule has 0 radical (unpaired) electrons. The maximum atomic E-state index is 4.39. The normalized spacial score (nSPS) is 12.3. The van der Waals surface area contributed by atoms with Crippen LogP contribution >= 0.6 is 11.8 Å². The number of hydrogen-bond acceptors (Lipinski definition) is 3. The Morgan fingerprint density at radius 3 is 2.36 bits per heavy atom. The highest BCUT2D eigenvalue weighted by molar-refractivity contribution is 7.99. The summed E-state index contributed by atoms with van der Waals surface area (Å²) in [6.07, 6.45) is 0. The average molecular weight is 309 g/mol. The molecule has 1 aromatic heterocycles. The monoisotopic (exact) mass is 309 g/mol. The SMILES string of the molecule is Cc1ccccc1-c1nnc(S[C@H](C)c2ccccc2)n1C. The third-order valence-corrected chi connectivity index (χ3v) is 4.96. The molecule has 0 saturated carbocycles. The Bertz CT molecular complexity index is 765. The van der Waals surface area contributed by atoms with Gasteiger partial charge in [0.05, 0.1) is 0 Å². The second-order valence-corrected chi connectivity index (χ2v) is 6.66. The molecule has 0 amide bonds. The molecule has 0 bridgehead atoms. The van der Waals surface area contributed by atoms with Crippen LogP contribution in [0.5, 0.6) is 0 Å². The van der Waals surface area contributed by atoms with E-state index < -0.39 is 0 Å². The van der Waals surface area contributed by atoms with Crippen molar-refractivity contribution < 1.29 is 0 Å². The fourth-order valence-electron chi connectivity index (χ4n) is 2.43. The molecule has 0 N–H and O–H groups in total. The molecule has 1 heterocycles. The maximum Gasteiger partial charge on any atom is 0.191 e. The first-order valence-electron chi connectivity index (χ1n) is 7.34. The minimum absolute atomic E-state index is 0.342. The van der Waals surface area contributed by atoms with Crippen molar-refractivity contribution in [2.24, 2.45) is 7.05 Å². The molecule has 0 spiro atoms. The van der Waals surface area contributed by atoms with Crippen LogP contribution in [-0.4, -0.2) is 14.8 Å². The predicted octanol–water partition coefficient (Wildman–Crippen LogP) is 4.64. The van der Waals surface area contributed by atoms with Crippen LogP contribution in [0.1, 0.15) is 23.3 Å². The molecule has 0 saturated heterocycles. The summed E-state index contributed by atoms with van der Waals surface area (Å²) in [6.45, 7) is 4.30. The van der Waals surface area contributed by atoms with Gasteiger partial charge in [0.1, 0.15) is 0 Å². The minimum atomic E-state index is 0.342. The van der Waals surface area contributed by atoms with E-state index in [0.717, 1.165) is 16.5 Å². The Morgan fingerprint density at radius 2 is 1.64 bits per heavy atom. The van der Waals surface area contributed by atoms with Crippen molar-refractivity contribution in [3.8, 4) is 11.4 Å². The van der Waals surface area contributed by atoms with Gasteiger partial charge < -0.3 is 4.57 Å². The number of hydrogen-bond donors (Lipinski definition) is 0. The van der Waals surface area contributed by atoms with Gasteiger partial charge in [-0.2, -0.15) is 0 Å². The second-order valence-electron chi connectivity index (χ2n) is 5.35. The standard InChI is InChI=1S/C18H19N3S/c1-13-9-7-8-12-16(13)17-19-20-18(21(17)3)22-14(2)15-10-5-4-6-11-15/h4-12,14H,1-3H3/t14-/m1/s1. The molecule has 0 aliphatic carbocycles. The largest absolute Gasteiger partial charge is 0.305 e. The lowest BCUT2D eigenvalue weighted by Crippen LogP contribution is -1.97. The van der Waals surface area contributed by atoms with Crippen molar-refractivity contribution in [1.29, 1.82) is 0 Å². The Hall–Kier alpha value is -2.07. The summed E-state index contributed by atoms with van der Waals surface area (Å²) in [5.41, 5.74) is 3.65. The van der Waals surface area contributed by atoms with Crippen LogP contribution in [0, 0.1) is 6.92 Å². The molecule has 1 atom stereocenters. The molecule has 0 aliphatic rings. The number of aromatic nitrogens is 3. The summed E-state index contributed by atoms with van der Waals surface area (Å²) in [4.78, 5) is 0. The van der Waals surface area contributed by atoms with Gasteiger partial charge >= 0.3 is 0 Å². The quantitative estimate of drug-likeness (QED) is 0.658. The van der Waals surface area contributed by atoms with Gasteiger partial charge in [-0.15, -0.1) is 10.2 Å². The Kier molecular flexibility index (Phi) is 4.29. The van der Waals surface area contributed by atoms with E-state index in [2.05, 4.69) is 65.0 Å². The summed E-state index contributed by atoms with van der Waals surface area (Å²) in [7, 11) is 2.03. The van der Waals surface area contributed by atoms with E-state index in [1.165, 1.54) is 11.1 Å². The lowest BCUT2D eigenvalue weighted by atomic mass is 10.1. The van der Waals surface area contributed by atoms with Crippen molar-refractivity contribution in [3.05, 3.63) is 65.7 Å². The second kappa shape index (κ2) is 6.36. The summed E-state index contributed by atoms with van der Waals surface area (Å²) in [5.74, 6) is 0.917. The summed E-state index contributed by atoms with van der Waals surface area (Å²) in [5, 5.41) is 10.0. The highest BCUT2D eigenvalue weighted by Gasteiger charge is 2.16.